The molecule has 0 unspecified atom stereocenters. The van der Waals surface area contributed by atoms with Crippen LogP contribution in [-0.4, -0.2) is 72.5 Å². The zero-order valence-electron chi connectivity index (χ0n) is 10.7. The quantitative estimate of drug-likeness (QED) is 0.746. The summed E-state index contributed by atoms with van der Waals surface area (Å²) in [5, 5.41) is 9.74. The van der Waals surface area contributed by atoms with E-state index >= 15 is 0 Å². The number of fused-ring (bicyclic) bond motifs is 1. The highest BCUT2D eigenvalue weighted by Crippen LogP contribution is 2.26. The lowest BCUT2D eigenvalue weighted by molar-refractivity contribution is 0.0452. The molecule has 3 rings (SSSR count). The van der Waals surface area contributed by atoms with Crippen LogP contribution < -0.4 is 0 Å². The Morgan fingerprint density at radius 3 is 2.94 bits per heavy atom. The van der Waals surface area contributed by atoms with Gasteiger partial charge in [0.2, 0.25) is 0 Å². The minimum Gasteiger partial charge on any atom is -0.392 e. The summed E-state index contributed by atoms with van der Waals surface area (Å²) < 4.78 is 5.46. The average Bonchev–Trinajstić information content (AvgIpc) is 2.87. The summed E-state index contributed by atoms with van der Waals surface area (Å²) in [5.41, 5.74) is 0. The van der Waals surface area contributed by atoms with Crippen molar-refractivity contribution in [1.29, 1.82) is 0 Å². The Morgan fingerprint density at radius 1 is 1.29 bits per heavy atom. The van der Waals surface area contributed by atoms with Crippen molar-refractivity contribution in [3.05, 3.63) is 0 Å². The molecule has 4 heteroatoms. The Bertz CT molecular complexity index is 268. The molecule has 98 valence electrons. The highest BCUT2D eigenvalue weighted by Gasteiger charge is 2.38. The van der Waals surface area contributed by atoms with Crippen LogP contribution in [0, 0.1) is 5.92 Å². The summed E-state index contributed by atoms with van der Waals surface area (Å²) in [6.07, 6.45) is 2.09. The van der Waals surface area contributed by atoms with Crippen molar-refractivity contribution < 1.29 is 9.84 Å². The maximum Gasteiger partial charge on any atom is 0.0682 e. The lowest BCUT2D eigenvalue weighted by atomic mass is 10.0. The van der Waals surface area contributed by atoms with Crippen LogP contribution in [0.4, 0.5) is 0 Å². The van der Waals surface area contributed by atoms with Gasteiger partial charge < -0.3 is 9.84 Å². The first kappa shape index (κ1) is 11.9. The normalized spacial score (nSPS) is 44.1. The van der Waals surface area contributed by atoms with E-state index in [9.17, 15) is 5.11 Å². The van der Waals surface area contributed by atoms with Crippen molar-refractivity contribution in [2.24, 2.45) is 5.92 Å². The summed E-state index contributed by atoms with van der Waals surface area (Å²) in [5.74, 6) is 0.732. The second-order valence-electron chi connectivity index (χ2n) is 6.03. The van der Waals surface area contributed by atoms with E-state index < -0.39 is 0 Å². The molecule has 0 bridgehead atoms. The molecule has 0 saturated carbocycles. The average molecular weight is 240 g/mol. The van der Waals surface area contributed by atoms with Gasteiger partial charge in [0.05, 0.1) is 12.7 Å². The topological polar surface area (TPSA) is 35.9 Å². The molecule has 0 aromatic heterocycles. The highest BCUT2D eigenvalue weighted by molar-refractivity contribution is 4.94. The molecule has 4 atom stereocenters. The van der Waals surface area contributed by atoms with Gasteiger partial charge in [-0.05, 0) is 25.7 Å². The van der Waals surface area contributed by atoms with Crippen LogP contribution in [0.3, 0.4) is 0 Å². The molecule has 3 aliphatic heterocycles. The van der Waals surface area contributed by atoms with Crippen molar-refractivity contribution in [3.8, 4) is 0 Å². The molecule has 0 spiro atoms. The maximum absolute atomic E-state index is 9.74. The summed E-state index contributed by atoms with van der Waals surface area (Å²) in [4.78, 5) is 5.08. The number of hydrogen-bond acceptors (Lipinski definition) is 4. The number of hydrogen-bond donors (Lipinski definition) is 1. The smallest absolute Gasteiger partial charge is 0.0682 e. The maximum atomic E-state index is 9.74. The second-order valence-corrected chi connectivity index (χ2v) is 6.03. The van der Waals surface area contributed by atoms with Gasteiger partial charge in [0, 0.05) is 44.9 Å². The lowest BCUT2D eigenvalue weighted by Gasteiger charge is -2.43. The number of piperazine rings is 1. The molecule has 3 aliphatic rings. The van der Waals surface area contributed by atoms with E-state index in [0.717, 1.165) is 45.2 Å². The van der Waals surface area contributed by atoms with Crippen LogP contribution in [0.2, 0.25) is 0 Å². The van der Waals surface area contributed by atoms with Crippen LogP contribution >= 0.6 is 0 Å². The molecule has 0 aromatic rings. The van der Waals surface area contributed by atoms with Crippen LogP contribution in [0.25, 0.3) is 0 Å². The Hall–Kier alpha value is -0.160. The minimum atomic E-state index is -0.0954. The Morgan fingerprint density at radius 2 is 2.18 bits per heavy atom. The highest BCUT2D eigenvalue weighted by atomic mass is 16.5. The Kier molecular flexibility index (Phi) is 3.39. The standard InChI is InChI=1S/C13H24N2O2/c1-10-5-15-8-13(16)4-12(15)7-14(10)6-11-2-3-17-9-11/h10-13,16H,2-9H2,1H3/t10-,11-,12-,13+/m0/s1. The molecule has 4 nitrogen and oxygen atoms in total. The van der Waals surface area contributed by atoms with E-state index in [1.54, 1.807) is 0 Å². The number of ether oxygens (including phenoxy) is 1. The number of nitrogens with zero attached hydrogens (tertiary/aromatic N) is 2. The second kappa shape index (κ2) is 4.84. The fourth-order valence-electron chi connectivity index (χ4n) is 3.59. The van der Waals surface area contributed by atoms with Crippen LogP contribution in [-0.2, 0) is 4.74 Å². The van der Waals surface area contributed by atoms with Gasteiger partial charge >= 0.3 is 0 Å². The summed E-state index contributed by atoms with van der Waals surface area (Å²) in [7, 11) is 0. The van der Waals surface area contributed by atoms with E-state index in [0.29, 0.717) is 12.1 Å². The molecule has 1 N–H and O–H groups in total. The minimum absolute atomic E-state index is 0.0954. The monoisotopic (exact) mass is 240 g/mol. The zero-order chi connectivity index (χ0) is 11.8. The van der Waals surface area contributed by atoms with Gasteiger partial charge in [-0.1, -0.05) is 0 Å². The van der Waals surface area contributed by atoms with Gasteiger partial charge in [-0.2, -0.15) is 0 Å². The predicted octanol–water partition coefficient (Wildman–Crippen LogP) is 0.162. The van der Waals surface area contributed by atoms with Crippen molar-refractivity contribution in [3.63, 3.8) is 0 Å². The van der Waals surface area contributed by atoms with Gasteiger partial charge in [0.1, 0.15) is 0 Å². The van der Waals surface area contributed by atoms with Gasteiger partial charge in [-0.3, -0.25) is 9.80 Å². The third kappa shape index (κ3) is 2.50. The third-order valence-electron chi connectivity index (χ3n) is 4.59. The summed E-state index contributed by atoms with van der Waals surface area (Å²) in [6.45, 7) is 8.53. The predicted molar refractivity (Wildman–Crippen MR) is 65.9 cm³/mol. The SMILES string of the molecule is C[C@H]1CN2C[C@H](O)C[C@H]2CN1C[C@@H]1CCOC1. The van der Waals surface area contributed by atoms with E-state index in [1.807, 2.05) is 0 Å². The molecule has 3 saturated heterocycles. The van der Waals surface area contributed by atoms with E-state index in [-0.39, 0.29) is 6.10 Å². The summed E-state index contributed by atoms with van der Waals surface area (Å²) >= 11 is 0. The van der Waals surface area contributed by atoms with Crippen molar-refractivity contribution in [2.75, 3.05) is 39.4 Å². The molecule has 3 heterocycles. The van der Waals surface area contributed by atoms with Crippen molar-refractivity contribution >= 4 is 0 Å². The molecule has 0 aliphatic carbocycles. The number of rotatable bonds is 2. The molecule has 0 aromatic carbocycles. The first-order valence-corrected chi connectivity index (χ1v) is 6.96. The lowest BCUT2D eigenvalue weighted by Crippen LogP contribution is -2.55. The number of aliphatic hydroxyl groups is 1. The van der Waals surface area contributed by atoms with Gasteiger partial charge in [-0.15, -0.1) is 0 Å². The zero-order valence-corrected chi connectivity index (χ0v) is 10.7. The Labute approximate surface area is 104 Å². The van der Waals surface area contributed by atoms with Crippen LogP contribution in [0.15, 0.2) is 0 Å². The first-order valence-electron chi connectivity index (χ1n) is 6.96. The van der Waals surface area contributed by atoms with E-state index in [2.05, 4.69) is 16.7 Å². The third-order valence-corrected chi connectivity index (χ3v) is 4.59. The van der Waals surface area contributed by atoms with Crippen molar-refractivity contribution in [1.82, 2.24) is 9.80 Å². The largest absolute Gasteiger partial charge is 0.392 e. The summed E-state index contributed by atoms with van der Waals surface area (Å²) in [6, 6.07) is 1.21. The van der Waals surface area contributed by atoms with E-state index in [1.165, 1.54) is 13.0 Å². The van der Waals surface area contributed by atoms with E-state index in [4.69, 9.17) is 4.74 Å². The molecular formula is C13H24N2O2. The van der Waals surface area contributed by atoms with Crippen LogP contribution in [0.5, 0.6) is 0 Å². The van der Waals surface area contributed by atoms with Gasteiger partial charge in [-0.25, -0.2) is 0 Å². The fraction of sp³-hybridized carbons (Fsp3) is 1.00. The molecule has 0 amide bonds. The van der Waals surface area contributed by atoms with Gasteiger partial charge in [0.15, 0.2) is 0 Å². The van der Waals surface area contributed by atoms with Gasteiger partial charge in [0.25, 0.3) is 0 Å². The molecular weight excluding hydrogens is 216 g/mol. The molecule has 0 radical (unpaired) electrons. The number of aliphatic hydroxyl groups excluding tert-OH is 1. The van der Waals surface area contributed by atoms with Crippen LogP contribution in [0.1, 0.15) is 19.8 Å². The van der Waals surface area contributed by atoms with Crippen molar-refractivity contribution in [2.45, 2.75) is 38.0 Å². The molecule has 3 fully saturated rings. The fourth-order valence-corrected chi connectivity index (χ4v) is 3.59. The Balaban J connectivity index is 1.58. The first-order chi connectivity index (χ1) is 8.22. The molecule has 17 heavy (non-hydrogen) atoms.